The molecule has 71 heavy (non-hydrogen) atoms. The highest BCUT2D eigenvalue weighted by Gasteiger charge is 2.19. The Morgan fingerprint density at radius 2 is 0.549 bits per heavy atom. The van der Waals surface area contributed by atoms with Crippen molar-refractivity contribution in [1.29, 1.82) is 0 Å². The van der Waals surface area contributed by atoms with E-state index in [9.17, 15) is 14.4 Å². The fourth-order valence-electron chi connectivity index (χ4n) is 8.64. The van der Waals surface area contributed by atoms with Gasteiger partial charge in [-0.05, 0) is 89.9 Å². The first-order valence-electron chi connectivity index (χ1n) is 30.4. The summed E-state index contributed by atoms with van der Waals surface area (Å²) in [5.41, 5.74) is 0. The molecule has 1 unspecified atom stereocenters. The highest BCUT2D eigenvalue weighted by atomic mass is 16.6. The average molecular weight is 992 g/mol. The van der Waals surface area contributed by atoms with Crippen LogP contribution >= 0.6 is 0 Å². The molecule has 0 bridgehead atoms. The first-order valence-corrected chi connectivity index (χ1v) is 30.4. The smallest absolute Gasteiger partial charge is 0.306 e. The Hall–Kier alpha value is -3.15. The molecule has 0 amide bonds. The van der Waals surface area contributed by atoms with Crippen molar-refractivity contribution < 1.29 is 28.6 Å². The highest BCUT2D eigenvalue weighted by molar-refractivity contribution is 5.71. The maximum atomic E-state index is 12.9. The lowest BCUT2D eigenvalue weighted by atomic mass is 10.0. The van der Waals surface area contributed by atoms with Crippen LogP contribution in [0.15, 0.2) is 72.9 Å². The summed E-state index contributed by atoms with van der Waals surface area (Å²) in [4.78, 5) is 38.2. The Morgan fingerprint density at radius 3 is 0.873 bits per heavy atom. The summed E-state index contributed by atoms with van der Waals surface area (Å²) in [6.45, 7) is 6.51. The van der Waals surface area contributed by atoms with Gasteiger partial charge in [-0.15, -0.1) is 0 Å². The minimum absolute atomic E-state index is 0.0897. The SMILES string of the molecule is CC/C=C\C/C=C\C/C=C\CCCCCC(=O)OCC(COC(=O)CCCCCCCC/C=C\C/C=C\C/C=C\CCCCCCC)OC(=O)CCCCCCCCCCCCCCCCCCCCC. The Morgan fingerprint density at radius 1 is 0.296 bits per heavy atom. The van der Waals surface area contributed by atoms with Gasteiger partial charge in [0.05, 0.1) is 0 Å². The van der Waals surface area contributed by atoms with Gasteiger partial charge < -0.3 is 14.2 Å². The number of carbonyl (C=O) groups is 3. The van der Waals surface area contributed by atoms with E-state index in [1.807, 2.05) is 0 Å². The van der Waals surface area contributed by atoms with Gasteiger partial charge in [0, 0.05) is 19.3 Å². The maximum Gasteiger partial charge on any atom is 0.306 e. The molecule has 0 aliphatic rings. The molecule has 0 aliphatic carbocycles. The van der Waals surface area contributed by atoms with Crippen molar-refractivity contribution in [3.05, 3.63) is 72.9 Å². The molecule has 0 heterocycles. The Balaban J connectivity index is 4.37. The number of unbranched alkanes of at least 4 members (excludes halogenated alkanes) is 32. The van der Waals surface area contributed by atoms with E-state index in [0.717, 1.165) is 103 Å². The second-order valence-corrected chi connectivity index (χ2v) is 20.2. The number of ether oxygens (including phenoxy) is 3. The van der Waals surface area contributed by atoms with E-state index in [1.165, 1.54) is 161 Å². The molecule has 0 rings (SSSR count). The van der Waals surface area contributed by atoms with Crippen LogP contribution in [0.5, 0.6) is 0 Å². The number of hydrogen-bond acceptors (Lipinski definition) is 6. The third kappa shape index (κ3) is 57.6. The zero-order chi connectivity index (χ0) is 51.4. The molecule has 410 valence electrons. The number of esters is 3. The maximum absolute atomic E-state index is 12.9. The van der Waals surface area contributed by atoms with E-state index in [-0.39, 0.29) is 31.1 Å². The fraction of sp³-hybridized carbons (Fsp3) is 0.769. The van der Waals surface area contributed by atoms with E-state index in [2.05, 4.69) is 93.7 Å². The molecule has 1 atom stereocenters. The second-order valence-electron chi connectivity index (χ2n) is 20.2. The van der Waals surface area contributed by atoms with Crippen molar-refractivity contribution in [2.45, 2.75) is 309 Å². The number of carbonyl (C=O) groups excluding carboxylic acids is 3. The van der Waals surface area contributed by atoms with Gasteiger partial charge in [0.2, 0.25) is 0 Å². The summed E-state index contributed by atoms with van der Waals surface area (Å²) in [5.74, 6) is -0.918. The lowest BCUT2D eigenvalue weighted by Crippen LogP contribution is -2.30. The van der Waals surface area contributed by atoms with E-state index < -0.39 is 6.10 Å². The lowest BCUT2D eigenvalue weighted by molar-refractivity contribution is -0.167. The molecule has 0 aromatic heterocycles. The molecule has 6 nitrogen and oxygen atoms in total. The molecule has 0 aromatic rings. The number of allylic oxidation sites excluding steroid dienone is 12. The lowest BCUT2D eigenvalue weighted by Gasteiger charge is -2.18. The van der Waals surface area contributed by atoms with Crippen LogP contribution in [-0.2, 0) is 28.6 Å². The molecule has 0 aliphatic heterocycles. The summed E-state index contributed by atoms with van der Waals surface area (Å²) < 4.78 is 16.9. The molecule has 0 spiro atoms. The highest BCUT2D eigenvalue weighted by Crippen LogP contribution is 2.16. The summed E-state index contributed by atoms with van der Waals surface area (Å²) in [7, 11) is 0. The predicted octanol–water partition coefficient (Wildman–Crippen LogP) is 20.5. The molecule has 0 aromatic carbocycles. The molecular formula is C65H114O6. The minimum Gasteiger partial charge on any atom is -0.462 e. The van der Waals surface area contributed by atoms with Gasteiger partial charge >= 0.3 is 17.9 Å². The fourth-order valence-corrected chi connectivity index (χ4v) is 8.64. The summed E-state index contributed by atoms with van der Waals surface area (Å²) in [5, 5.41) is 0. The third-order valence-electron chi connectivity index (χ3n) is 13.2. The van der Waals surface area contributed by atoms with Crippen molar-refractivity contribution in [1.82, 2.24) is 0 Å². The van der Waals surface area contributed by atoms with Crippen LogP contribution in [0.4, 0.5) is 0 Å². The van der Waals surface area contributed by atoms with Crippen molar-refractivity contribution in [2.24, 2.45) is 0 Å². The molecule has 0 saturated carbocycles. The number of rotatable bonds is 55. The van der Waals surface area contributed by atoms with Gasteiger partial charge in [-0.25, -0.2) is 0 Å². The van der Waals surface area contributed by atoms with Gasteiger partial charge in [0.1, 0.15) is 13.2 Å². The molecular weight excluding hydrogens is 877 g/mol. The molecule has 0 fully saturated rings. The van der Waals surface area contributed by atoms with Gasteiger partial charge in [-0.2, -0.15) is 0 Å². The molecule has 6 heteroatoms. The van der Waals surface area contributed by atoms with Crippen molar-refractivity contribution in [2.75, 3.05) is 13.2 Å². The molecule has 0 N–H and O–H groups in total. The van der Waals surface area contributed by atoms with Crippen molar-refractivity contribution in [3.63, 3.8) is 0 Å². The second kappa shape index (κ2) is 59.4. The summed E-state index contributed by atoms with van der Waals surface area (Å²) in [6, 6.07) is 0. The van der Waals surface area contributed by atoms with E-state index in [1.54, 1.807) is 0 Å². The molecule has 0 saturated heterocycles. The standard InChI is InChI=1S/C65H114O6/c1-4-7-10-13-16-19-22-25-27-29-31-32-34-35-37-40-43-46-49-52-55-58-64(67)70-61-62(60-69-63(66)57-54-51-48-45-42-39-24-21-18-15-12-9-6-3)71-65(68)59-56-53-50-47-44-41-38-36-33-30-28-26-23-20-17-14-11-8-5-2/h9,12,18,21-22,25,29,31,34-35,39,42,62H,4-8,10-11,13-17,19-20,23-24,26-28,30,32-33,36-38,40-41,43-61H2,1-3H3/b12-9-,21-18-,25-22-,31-29-,35-34-,42-39-. The van der Waals surface area contributed by atoms with Crippen LogP contribution in [0.1, 0.15) is 303 Å². The zero-order valence-corrected chi connectivity index (χ0v) is 47.0. The number of hydrogen-bond donors (Lipinski definition) is 0. The topological polar surface area (TPSA) is 78.9 Å². The van der Waals surface area contributed by atoms with Crippen LogP contribution in [-0.4, -0.2) is 37.2 Å². The van der Waals surface area contributed by atoms with Crippen molar-refractivity contribution in [3.8, 4) is 0 Å². The van der Waals surface area contributed by atoms with Gasteiger partial charge in [0.25, 0.3) is 0 Å². The quantitative estimate of drug-likeness (QED) is 0.0261. The largest absolute Gasteiger partial charge is 0.462 e. The minimum atomic E-state index is -0.792. The van der Waals surface area contributed by atoms with Gasteiger partial charge in [-0.1, -0.05) is 267 Å². The van der Waals surface area contributed by atoms with E-state index >= 15 is 0 Å². The van der Waals surface area contributed by atoms with Crippen LogP contribution in [0, 0.1) is 0 Å². The predicted molar refractivity (Wildman–Crippen MR) is 307 cm³/mol. The van der Waals surface area contributed by atoms with Crippen LogP contribution in [0.2, 0.25) is 0 Å². The van der Waals surface area contributed by atoms with E-state index in [4.69, 9.17) is 14.2 Å². The van der Waals surface area contributed by atoms with Crippen LogP contribution in [0.25, 0.3) is 0 Å². The third-order valence-corrected chi connectivity index (χ3v) is 13.2. The molecule has 0 radical (unpaired) electrons. The normalized spacial score (nSPS) is 12.5. The average Bonchev–Trinajstić information content (AvgIpc) is 3.37. The van der Waals surface area contributed by atoms with E-state index in [0.29, 0.717) is 19.3 Å². The monoisotopic (exact) mass is 991 g/mol. The Kier molecular flexibility index (Phi) is 56.8. The first kappa shape index (κ1) is 67.8. The van der Waals surface area contributed by atoms with Crippen LogP contribution < -0.4 is 0 Å². The Labute approximate surface area is 440 Å². The Bertz CT molecular complexity index is 1320. The first-order chi connectivity index (χ1) is 35.0. The van der Waals surface area contributed by atoms with Crippen molar-refractivity contribution >= 4 is 17.9 Å². The zero-order valence-electron chi connectivity index (χ0n) is 47.0. The van der Waals surface area contributed by atoms with Gasteiger partial charge in [-0.3, -0.25) is 14.4 Å². The van der Waals surface area contributed by atoms with Gasteiger partial charge in [0.15, 0.2) is 6.10 Å². The summed E-state index contributed by atoms with van der Waals surface area (Å²) >= 11 is 0. The summed E-state index contributed by atoms with van der Waals surface area (Å²) in [6.07, 6.45) is 76.2. The van der Waals surface area contributed by atoms with Crippen LogP contribution in [0.3, 0.4) is 0 Å².